The first-order valence-corrected chi connectivity index (χ1v) is 8.40. The van der Waals surface area contributed by atoms with Crippen LogP contribution >= 0.6 is 38.9 Å². The molecule has 0 aliphatic heterocycles. The summed E-state index contributed by atoms with van der Waals surface area (Å²) >= 11 is 10.8. The molecule has 3 aromatic rings. The lowest BCUT2D eigenvalue weighted by molar-refractivity contribution is -0.111. The highest BCUT2D eigenvalue weighted by Crippen LogP contribution is 2.28. The summed E-state index contributed by atoms with van der Waals surface area (Å²) in [7, 11) is 0. The quantitative estimate of drug-likeness (QED) is 0.608. The lowest BCUT2D eigenvalue weighted by atomic mass is 10.2. The molecule has 0 unspecified atom stereocenters. The van der Waals surface area contributed by atoms with Gasteiger partial charge >= 0.3 is 0 Å². The van der Waals surface area contributed by atoms with Crippen LogP contribution in [0, 0.1) is 0 Å². The van der Waals surface area contributed by atoms with Crippen LogP contribution in [0.25, 0.3) is 16.3 Å². The minimum absolute atomic E-state index is 0.224. The maximum Gasteiger partial charge on any atom is 0.250 e. The molecule has 3 nitrogen and oxygen atoms in total. The van der Waals surface area contributed by atoms with Gasteiger partial charge in [-0.25, -0.2) is 4.98 Å². The van der Waals surface area contributed by atoms with Crippen LogP contribution in [0.3, 0.4) is 0 Å². The number of fused-ring (bicyclic) bond motifs is 1. The molecule has 0 aliphatic carbocycles. The van der Waals surface area contributed by atoms with Crippen LogP contribution in [-0.2, 0) is 4.79 Å². The van der Waals surface area contributed by atoms with Gasteiger partial charge in [-0.15, -0.1) is 0 Å². The molecule has 0 aliphatic rings. The molecule has 3 rings (SSSR count). The van der Waals surface area contributed by atoms with Gasteiger partial charge in [-0.1, -0.05) is 51.0 Å². The highest BCUT2D eigenvalue weighted by molar-refractivity contribution is 9.10. The van der Waals surface area contributed by atoms with Crippen LogP contribution in [0.5, 0.6) is 0 Å². The van der Waals surface area contributed by atoms with Crippen molar-refractivity contribution in [3.63, 3.8) is 0 Å². The highest BCUT2D eigenvalue weighted by atomic mass is 79.9. The van der Waals surface area contributed by atoms with E-state index in [4.69, 9.17) is 11.6 Å². The number of rotatable bonds is 3. The fourth-order valence-electron chi connectivity index (χ4n) is 1.88. The second kappa shape index (κ2) is 6.60. The SMILES string of the molecule is O=C(C=Cc1cccc(Cl)c1)Nc1nc2ccc(Br)cc2s1. The summed E-state index contributed by atoms with van der Waals surface area (Å²) in [6.45, 7) is 0. The van der Waals surface area contributed by atoms with E-state index in [0.717, 1.165) is 20.3 Å². The molecular weight excluding hydrogens is 384 g/mol. The molecule has 1 heterocycles. The summed E-state index contributed by atoms with van der Waals surface area (Å²) < 4.78 is 2.01. The Morgan fingerprint density at radius 2 is 2.14 bits per heavy atom. The molecule has 0 fully saturated rings. The fourth-order valence-corrected chi connectivity index (χ4v) is 3.50. The van der Waals surface area contributed by atoms with Gasteiger partial charge in [0.25, 0.3) is 0 Å². The standard InChI is InChI=1S/C16H10BrClN2OS/c17-11-5-6-13-14(9-11)22-16(19-13)20-15(21)7-4-10-2-1-3-12(18)8-10/h1-9H,(H,19,20,21). The normalized spacial score (nSPS) is 11.2. The van der Waals surface area contributed by atoms with E-state index >= 15 is 0 Å². The number of nitrogens with one attached hydrogen (secondary N) is 1. The summed E-state index contributed by atoms with van der Waals surface area (Å²) in [5.41, 5.74) is 1.73. The molecule has 22 heavy (non-hydrogen) atoms. The van der Waals surface area contributed by atoms with E-state index in [1.54, 1.807) is 18.2 Å². The molecule has 0 radical (unpaired) electrons. The molecule has 1 aromatic heterocycles. The van der Waals surface area contributed by atoms with Gasteiger partial charge in [0.05, 0.1) is 10.2 Å². The van der Waals surface area contributed by atoms with Crippen LogP contribution in [0.2, 0.25) is 5.02 Å². The first-order chi connectivity index (χ1) is 10.6. The van der Waals surface area contributed by atoms with Crippen molar-refractivity contribution in [3.05, 3.63) is 63.6 Å². The summed E-state index contributed by atoms with van der Waals surface area (Å²) in [5.74, 6) is -0.224. The largest absolute Gasteiger partial charge is 0.298 e. The van der Waals surface area contributed by atoms with Gasteiger partial charge in [0, 0.05) is 15.6 Å². The number of carbonyl (C=O) groups excluding carboxylic acids is 1. The van der Waals surface area contributed by atoms with Crippen molar-refractivity contribution >= 4 is 66.2 Å². The fraction of sp³-hybridized carbons (Fsp3) is 0. The number of nitrogens with zero attached hydrogens (tertiary/aromatic N) is 1. The second-order valence-corrected chi connectivity index (χ2v) is 6.89. The monoisotopic (exact) mass is 392 g/mol. The molecule has 2 aromatic carbocycles. The summed E-state index contributed by atoms with van der Waals surface area (Å²) in [4.78, 5) is 16.3. The minimum atomic E-state index is -0.224. The third-order valence-corrected chi connectivity index (χ3v) is 4.52. The first-order valence-electron chi connectivity index (χ1n) is 6.41. The zero-order chi connectivity index (χ0) is 15.5. The lowest BCUT2D eigenvalue weighted by Crippen LogP contribution is -2.07. The number of benzene rings is 2. The number of thiazole rings is 1. The molecule has 0 spiro atoms. The maximum absolute atomic E-state index is 11.9. The Hall–Kier alpha value is -1.69. The van der Waals surface area contributed by atoms with Crippen LogP contribution in [-0.4, -0.2) is 10.9 Å². The molecule has 6 heteroatoms. The second-order valence-electron chi connectivity index (χ2n) is 4.51. The molecule has 110 valence electrons. The smallest absolute Gasteiger partial charge is 0.250 e. The zero-order valence-corrected chi connectivity index (χ0v) is 14.4. The Kier molecular flexibility index (Phi) is 4.57. The van der Waals surface area contributed by atoms with Crippen molar-refractivity contribution < 1.29 is 4.79 Å². The van der Waals surface area contributed by atoms with Crippen molar-refractivity contribution in [2.24, 2.45) is 0 Å². The van der Waals surface area contributed by atoms with Gasteiger partial charge in [0.15, 0.2) is 5.13 Å². The number of anilines is 1. The molecule has 0 bridgehead atoms. The summed E-state index contributed by atoms with van der Waals surface area (Å²) in [5, 5.41) is 3.98. The number of hydrogen-bond acceptors (Lipinski definition) is 3. The number of carbonyl (C=O) groups is 1. The number of halogens is 2. The topological polar surface area (TPSA) is 42.0 Å². The van der Waals surface area contributed by atoms with Gasteiger partial charge in [-0.05, 0) is 42.0 Å². The van der Waals surface area contributed by atoms with E-state index in [1.807, 2.05) is 30.3 Å². The highest BCUT2D eigenvalue weighted by Gasteiger charge is 2.06. The van der Waals surface area contributed by atoms with Gasteiger partial charge in [0.1, 0.15) is 0 Å². The van der Waals surface area contributed by atoms with Crippen LogP contribution in [0.1, 0.15) is 5.56 Å². The number of hydrogen-bond donors (Lipinski definition) is 1. The first kappa shape index (κ1) is 15.2. The Balaban J connectivity index is 1.72. The van der Waals surface area contributed by atoms with Crippen LogP contribution in [0.15, 0.2) is 53.0 Å². The van der Waals surface area contributed by atoms with E-state index in [0.29, 0.717) is 10.2 Å². The third-order valence-electron chi connectivity index (χ3n) is 2.86. The minimum Gasteiger partial charge on any atom is -0.298 e. The lowest BCUT2D eigenvalue weighted by Gasteiger charge is -1.96. The average Bonchev–Trinajstić information content (AvgIpc) is 2.86. The predicted octanol–water partition coefficient (Wildman–Crippen LogP) is 5.36. The van der Waals surface area contributed by atoms with Gasteiger partial charge in [-0.3, -0.25) is 10.1 Å². The predicted molar refractivity (Wildman–Crippen MR) is 96.4 cm³/mol. The Labute approximate surface area is 144 Å². The van der Waals surface area contributed by atoms with E-state index in [9.17, 15) is 4.79 Å². The van der Waals surface area contributed by atoms with Crippen molar-refractivity contribution in [2.45, 2.75) is 0 Å². The van der Waals surface area contributed by atoms with Gasteiger partial charge in [0.2, 0.25) is 5.91 Å². The van der Waals surface area contributed by atoms with E-state index in [2.05, 4.69) is 26.2 Å². The van der Waals surface area contributed by atoms with Crippen LogP contribution < -0.4 is 5.32 Å². The molecular formula is C16H10BrClN2OS. The van der Waals surface area contributed by atoms with Crippen LogP contribution in [0.4, 0.5) is 5.13 Å². The number of aromatic nitrogens is 1. The maximum atomic E-state index is 11.9. The number of amides is 1. The zero-order valence-electron chi connectivity index (χ0n) is 11.2. The Bertz CT molecular complexity index is 875. The summed E-state index contributed by atoms with van der Waals surface area (Å²) in [6.07, 6.45) is 3.18. The molecule has 0 saturated heterocycles. The molecule has 1 N–H and O–H groups in total. The molecule has 1 amide bonds. The van der Waals surface area contributed by atoms with E-state index in [1.165, 1.54) is 17.4 Å². The van der Waals surface area contributed by atoms with Crippen molar-refractivity contribution in [1.29, 1.82) is 0 Å². The van der Waals surface area contributed by atoms with Crippen molar-refractivity contribution in [3.8, 4) is 0 Å². The third kappa shape index (κ3) is 3.74. The average molecular weight is 394 g/mol. The van der Waals surface area contributed by atoms with Gasteiger partial charge < -0.3 is 0 Å². The molecule has 0 saturated carbocycles. The van der Waals surface area contributed by atoms with Crippen molar-refractivity contribution in [2.75, 3.05) is 5.32 Å². The van der Waals surface area contributed by atoms with E-state index in [-0.39, 0.29) is 5.91 Å². The Morgan fingerprint density at radius 1 is 1.27 bits per heavy atom. The van der Waals surface area contributed by atoms with E-state index < -0.39 is 0 Å². The van der Waals surface area contributed by atoms with Gasteiger partial charge in [-0.2, -0.15) is 0 Å². The summed E-state index contributed by atoms with van der Waals surface area (Å²) in [6, 6.07) is 13.1. The Morgan fingerprint density at radius 3 is 2.95 bits per heavy atom. The molecule has 0 atom stereocenters. The van der Waals surface area contributed by atoms with Crippen molar-refractivity contribution in [1.82, 2.24) is 4.98 Å².